The van der Waals surface area contributed by atoms with E-state index in [2.05, 4.69) is 17.5 Å². The van der Waals surface area contributed by atoms with Crippen LogP contribution in [0.2, 0.25) is 0 Å². The number of rotatable bonds is 3. The fourth-order valence-corrected chi connectivity index (χ4v) is 3.84. The molecule has 4 heteroatoms. The first kappa shape index (κ1) is 11.8. The summed E-state index contributed by atoms with van der Waals surface area (Å²) in [4.78, 5) is 0.399. The monoisotopic (exact) mass is 263 g/mol. The van der Waals surface area contributed by atoms with Gasteiger partial charge in [-0.05, 0) is 30.9 Å². The van der Waals surface area contributed by atoms with Gasteiger partial charge in [0.05, 0.1) is 10.6 Å². The summed E-state index contributed by atoms with van der Waals surface area (Å²) in [5, 5.41) is 3.39. The van der Waals surface area contributed by atoms with Crippen LogP contribution in [0.5, 0.6) is 0 Å². The number of fused-ring (bicyclic) bond motifs is 1. The van der Waals surface area contributed by atoms with Crippen LogP contribution >= 0.6 is 0 Å². The van der Waals surface area contributed by atoms with E-state index in [4.69, 9.17) is 0 Å². The quantitative estimate of drug-likeness (QED) is 0.852. The first-order chi connectivity index (χ1) is 8.55. The number of para-hydroxylation sites is 1. The third-order valence-corrected chi connectivity index (χ3v) is 5.15. The summed E-state index contributed by atoms with van der Waals surface area (Å²) in [5.41, 5.74) is 0.740. The van der Waals surface area contributed by atoms with Gasteiger partial charge < -0.3 is 5.32 Å². The van der Waals surface area contributed by atoms with Crippen LogP contribution in [0, 0.1) is 11.8 Å². The van der Waals surface area contributed by atoms with E-state index < -0.39 is 9.84 Å². The lowest BCUT2D eigenvalue weighted by molar-refractivity contribution is 0.217. The molecule has 0 spiro atoms. The largest absolute Gasteiger partial charge is 0.381 e. The van der Waals surface area contributed by atoms with Gasteiger partial charge in [-0.2, -0.15) is 0 Å². The molecule has 96 valence electrons. The number of nitrogens with one attached hydrogen (secondary N) is 1. The van der Waals surface area contributed by atoms with Crippen molar-refractivity contribution in [1.82, 2.24) is 0 Å². The van der Waals surface area contributed by atoms with Crippen molar-refractivity contribution in [1.29, 1.82) is 0 Å². The minimum Gasteiger partial charge on any atom is -0.381 e. The number of anilines is 1. The number of hydrogen-bond donors (Lipinski definition) is 1. The molecule has 0 heterocycles. The van der Waals surface area contributed by atoms with E-state index in [9.17, 15) is 8.42 Å². The molecule has 0 amide bonds. The molecule has 1 fully saturated rings. The lowest BCUT2D eigenvalue weighted by Gasteiger charge is -2.41. The Kier molecular flexibility index (Phi) is 2.70. The van der Waals surface area contributed by atoms with E-state index in [1.54, 1.807) is 12.1 Å². The van der Waals surface area contributed by atoms with Crippen LogP contribution in [-0.4, -0.2) is 20.7 Å². The molecule has 1 N–H and O–H groups in total. The number of benzene rings is 1. The summed E-state index contributed by atoms with van der Waals surface area (Å²) in [7, 11) is -3.17. The van der Waals surface area contributed by atoms with Gasteiger partial charge in [0.1, 0.15) is 0 Å². The molecular formula is C14H17NO2S. The van der Waals surface area contributed by atoms with Gasteiger partial charge in [0, 0.05) is 18.2 Å². The molecule has 0 radical (unpaired) electrons. The summed E-state index contributed by atoms with van der Waals surface area (Å²) < 4.78 is 23.4. The van der Waals surface area contributed by atoms with Gasteiger partial charge in [0.15, 0.2) is 9.84 Å². The molecular weight excluding hydrogens is 246 g/mol. The van der Waals surface area contributed by atoms with Crippen LogP contribution in [-0.2, 0) is 9.84 Å². The van der Waals surface area contributed by atoms with E-state index in [0.29, 0.717) is 16.9 Å². The Morgan fingerprint density at radius 1 is 1.28 bits per heavy atom. The van der Waals surface area contributed by atoms with E-state index in [1.807, 2.05) is 12.1 Å². The van der Waals surface area contributed by atoms with Gasteiger partial charge in [-0.1, -0.05) is 24.3 Å². The van der Waals surface area contributed by atoms with Gasteiger partial charge >= 0.3 is 0 Å². The van der Waals surface area contributed by atoms with Gasteiger partial charge in [0.25, 0.3) is 0 Å². The van der Waals surface area contributed by atoms with Crippen molar-refractivity contribution < 1.29 is 8.42 Å². The zero-order valence-corrected chi connectivity index (χ0v) is 11.2. The fourth-order valence-electron chi connectivity index (χ4n) is 2.99. The van der Waals surface area contributed by atoms with Crippen molar-refractivity contribution in [2.24, 2.45) is 11.8 Å². The van der Waals surface area contributed by atoms with Gasteiger partial charge in [-0.25, -0.2) is 8.42 Å². The minimum atomic E-state index is -3.17. The van der Waals surface area contributed by atoms with Gasteiger partial charge in [0.2, 0.25) is 0 Å². The van der Waals surface area contributed by atoms with Crippen LogP contribution in [0.1, 0.15) is 12.8 Å². The molecule has 0 aliphatic heterocycles. The molecule has 3 unspecified atom stereocenters. The smallest absolute Gasteiger partial charge is 0.177 e. The molecule has 0 bridgehead atoms. The lowest BCUT2D eigenvalue weighted by atomic mass is 9.71. The van der Waals surface area contributed by atoms with Gasteiger partial charge in [-0.3, -0.25) is 0 Å². The predicted octanol–water partition coefficient (Wildman–Crippen LogP) is 2.47. The SMILES string of the molecule is CS(=O)(=O)c1ccccc1NC1CC2CC=CC21. The van der Waals surface area contributed by atoms with E-state index in [-0.39, 0.29) is 0 Å². The third kappa shape index (κ3) is 1.94. The van der Waals surface area contributed by atoms with Crippen LogP contribution in [0.15, 0.2) is 41.3 Å². The summed E-state index contributed by atoms with van der Waals surface area (Å²) in [5.74, 6) is 1.35. The molecule has 1 saturated carbocycles. The Hall–Kier alpha value is -1.29. The summed E-state index contributed by atoms with van der Waals surface area (Å²) in [6, 6.07) is 7.54. The van der Waals surface area contributed by atoms with Crippen LogP contribution in [0.3, 0.4) is 0 Å². The highest BCUT2D eigenvalue weighted by Gasteiger charge is 2.41. The molecule has 1 aromatic rings. The standard InChI is InChI=1S/C14H17NO2S/c1-18(16,17)14-8-3-2-7-12(14)15-13-9-10-5-4-6-11(10)13/h2-4,6-8,10-11,13,15H,5,9H2,1H3. The summed E-state index contributed by atoms with van der Waals surface area (Å²) in [6.45, 7) is 0. The molecule has 1 aromatic carbocycles. The Bertz CT molecular complexity index is 592. The van der Waals surface area contributed by atoms with E-state index >= 15 is 0 Å². The average molecular weight is 263 g/mol. The molecule has 18 heavy (non-hydrogen) atoms. The summed E-state index contributed by atoms with van der Waals surface area (Å²) >= 11 is 0. The van der Waals surface area contributed by atoms with Gasteiger partial charge in [-0.15, -0.1) is 0 Å². The van der Waals surface area contributed by atoms with Crippen LogP contribution < -0.4 is 5.32 Å². The molecule has 3 atom stereocenters. The second kappa shape index (κ2) is 4.12. The van der Waals surface area contributed by atoms with Crippen molar-refractivity contribution in [3.8, 4) is 0 Å². The molecule has 2 aliphatic rings. The maximum absolute atomic E-state index is 11.7. The number of allylic oxidation sites excluding steroid dienone is 1. The van der Waals surface area contributed by atoms with Crippen LogP contribution in [0.4, 0.5) is 5.69 Å². The van der Waals surface area contributed by atoms with Crippen LogP contribution in [0.25, 0.3) is 0 Å². The summed E-state index contributed by atoms with van der Waals surface area (Å²) in [6.07, 6.45) is 8.06. The molecule has 0 saturated heterocycles. The van der Waals surface area contributed by atoms with Crippen molar-refractivity contribution in [3.05, 3.63) is 36.4 Å². The minimum absolute atomic E-state index is 0.386. The second-order valence-corrected chi connectivity index (χ2v) is 7.24. The van der Waals surface area contributed by atoms with Crippen molar-refractivity contribution in [2.45, 2.75) is 23.8 Å². The molecule has 3 nitrogen and oxygen atoms in total. The first-order valence-electron chi connectivity index (χ1n) is 6.28. The zero-order valence-electron chi connectivity index (χ0n) is 10.3. The topological polar surface area (TPSA) is 46.2 Å². The Balaban J connectivity index is 1.83. The Labute approximate surface area is 108 Å². The highest BCUT2D eigenvalue weighted by atomic mass is 32.2. The van der Waals surface area contributed by atoms with E-state index in [1.165, 1.54) is 12.7 Å². The zero-order chi connectivity index (χ0) is 12.8. The third-order valence-electron chi connectivity index (χ3n) is 3.99. The Morgan fingerprint density at radius 2 is 2.06 bits per heavy atom. The Morgan fingerprint density at radius 3 is 2.78 bits per heavy atom. The fraction of sp³-hybridized carbons (Fsp3) is 0.429. The molecule has 2 aliphatic carbocycles. The highest BCUT2D eigenvalue weighted by molar-refractivity contribution is 7.90. The van der Waals surface area contributed by atoms with E-state index in [0.717, 1.165) is 18.0 Å². The normalized spacial score (nSPS) is 29.7. The average Bonchev–Trinajstić information content (AvgIpc) is 2.67. The number of hydrogen-bond acceptors (Lipinski definition) is 3. The molecule has 0 aromatic heterocycles. The van der Waals surface area contributed by atoms with Crippen molar-refractivity contribution in [2.75, 3.05) is 11.6 Å². The number of sulfone groups is 1. The lowest BCUT2D eigenvalue weighted by Crippen LogP contribution is -2.43. The highest BCUT2D eigenvalue weighted by Crippen LogP contribution is 2.44. The maximum atomic E-state index is 11.7. The van der Waals surface area contributed by atoms with Crippen molar-refractivity contribution >= 4 is 15.5 Å². The molecule has 3 rings (SSSR count). The maximum Gasteiger partial charge on any atom is 0.177 e. The van der Waals surface area contributed by atoms with Crippen molar-refractivity contribution in [3.63, 3.8) is 0 Å². The second-order valence-electron chi connectivity index (χ2n) is 5.26. The predicted molar refractivity (Wildman–Crippen MR) is 72.3 cm³/mol. The first-order valence-corrected chi connectivity index (χ1v) is 8.17.